The molecule has 30 heavy (non-hydrogen) atoms. The van der Waals surface area contributed by atoms with Gasteiger partial charge in [-0.25, -0.2) is 5.48 Å². The molecule has 2 N–H and O–H groups in total. The molecule has 0 fully saturated rings. The van der Waals surface area contributed by atoms with Crippen molar-refractivity contribution in [1.29, 1.82) is 0 Å². The predicted octanol–water partition coefficient (Wildman–Crippen LogP) is 4.18. The number of fused-ring (bicyclic) bond motifs is 1. The van der Waals surface area contributed by atoms with E-state index in [9.17, 15) is 9.59 Å². The highest BCUT2D eigenvalue weighted by Crippen LogP contribution is 2.39. The van der Waals surface area contributed by atoms with Crippen molar-refractivity contribution in [3.05, 3.63) is 83.9 Å². The van der Waals surface area contributed by atoms with Crippen molar-refractivity contribution in [1.82, 2.24) is 5.48 Å². The Bertz CT molecular complexity index is 1090. The molecule has 1 heterocycles. The molecule has 0 unspecified atom stereocenters. The molecule has 0 atom stereocenters. The van der Waals surface area contributed by atoms with Crippen molar-refractivity contribution in [2.24, 2.45) is 0 Å². The summed E-state index contributed by atoms with van der Waals surface area (Å²) >= 11 is 0. The summed E-state index contributed by atoms with van der Waals surface area (Å²) in [6, 6.07) is 22.8. The minimum atomic E-state index is -1.03. The standard InChI is InChI=1S/C24H22N2O4/c1-24(2)23(28)26(20-14-19(22(27)25-29)12-13-21(20)30-24)15-16-8-10-18(11-9-16)17-6-4-3-5-7-17/h3-14,29H,15H2,1-2H3,(H,25,27). The van der Waals surface area contributed by atoms with Crippen LogP contribution in [0.5, 0.6) is 5.75 Å². The summed E-state index contributed by atoms with van der Waals surface area (Å²) in [6.45, 7) is 3.77. The molecule has 2 amide bonds. The summed E-state index contributed by atoms with van der Waals surface area (Å²) in [5, 5.41) is 8.94. The summed E-state index contributed by atoms with van der Waals surface area (Å²) in [6.07, 6.45) is 0. The number of hydrogen-bond donors (Lipinski definition) is 2. The Morgan fingerprint density at radius 3 is 2.33 bits per heavy atom. The van der Waals surface area contributed by atoms with E-state index in [1.807, 2.05) is 54.6 Å². The Labute approximate surface area is 174 Å². The van der Waals surface area contributed by atoms with Gasteiger partial charge in [0.15, 0.2) is 5.60 Å². The highest BCUT2D eigenvalue weighted by Gasteiger charge is 2.41. The summed E-state index contributed by atoms with van der Waals surface area (Å²) < 4.78 is 5.86. The molecule has 0 saturated carbocycles. The SMILES string of the molecule is CC1(C)Oc2ccc(C(=O)NO)cc2N(Cc2ccc(-c3ccccc3)cc2)C1=O. The van der Waals surface area contributed by atoms with Gasteiger partial charge in [-0.05, 0) is 48.7 Å². The molecule has 1 aliphatic rings. The number of benzene rings is 3. The number of hydrogen-bond acceptors (Lipinski definition) is 4. The van der Waals surface area contributed by atoms with Crippen LogP contribution in [0.25, 0.3) is 11.1 Å². The summed E-state index contributed by atoms with van der Waals surface area (Å²) in [5.41, 5.74) is 4.48. The van der Waals surface area contributed by atoms with Gasteiger partial charge in [-0.3, -0.25) is 14.8 Å². The third kappa shape index (κ3) is 3.65. The van der Waals surface area contributed by atoms with Crippen LogP contribution in [0.1, 0.15) is 29.8 Å². The van der Waals surface area contributed by atoms with Crippen molar-refractivity contribution in [3.63, 3.8) is 0 Å². The lowest BCUT2D eigenvalue weighted by atomic mass is 10.0. The van der Waals surface area contributed by atoms with Gasteiger partial charge in [0.25, 0.3) is 11.8 Å². The number of ether oxygens (including phenoxy) is 1. The molecule has 3 aromatic carbocycles. The summed E-state index contributed by atoms with van der Waals surface area (Å²) in [4.78, 5) is 26.6. The number of carbonyl (C=O) groups is 2. The van der Waals surface area contributed by atoms with Crippen LogP contribution < -0.4 is 15.1 Å². The normalized spacial score (nSPS) is 14.6. The Morgan fingerprint density at radius 1 is 1.00 bits per heavy atom. The zero-order valence-electron chi connectivity index (χ0n) is 16.8. The fraction of sp³-hybridized carbons (Fsp3) is 0.167. The molecule has 0 spiro atoms. The molecule has 6 heteroatoms. The van der Waals surface area contributed by atoms with Gasteiger partial charge in [-0.15, -0.1) is 0 Å². The van der Waals surface area contributed by atoms with Gasteiger partial charge >= 0.3 is 0 Å². The fourth-order valence-corrected chi connectivity index (χ4v) is 3.55. The van der Waals surface area contributed by atoms with Crippen LogP contribution in [0.3, 0.4) is 0 Å². The molecular formula is C24H22N2O4. The van der Waals surface area contributed by atoms with E-state index in [0.717, 1.165) is 16.7 Å². The minimum Gasteiger partial charge on any atom is -0.476 e. The second-order valence-electron chi connectivity index (χ2n) is 7.69. The van der Waals surface area contributed by atoms with Crippen LogP contribution >= 0.6 is 0 Å². The lowest BCUT2D eigenvalue weighted by molar-refractivity contribution is -0.132. The van der Waals surface area contributed by atoms with Gasteiger partial charge in [-0.2, -0.15) is 0 Å². The number of anilines is 1. The maximum atomic E-state index is 13.1. The number of amides is 2. The number of nitrogens with zero attached hydrogens (tertiary/aromatic N) is 1. The van der Waals surface area contributed by atoms with Gasteiger partial charge in [-0.1, -0.05) is 54.6 Å². The van der Waals surface area contributed by atoms with Crippen LogP contribution in [0.2, 0.25) is 0 Å². The molecule has 0 aromatic heterocycles. The second kappa shape index (κ2) is 7.65. The minimum absolute atomic E-state index is 0.205. The zero-order chi connectivity index (χ0) is 21.3. The van der Waals surface area contributed by atoms with Crippen molar-refractivity contribution in [3.8, 4) is 16.9 Å². The third-order valence-electron chi connectivity index (χ3n) is 5.14. The number of nitrogens with one attached hydrogen (secondary N) is 1. The van der Waals surface area contributed by atoms with E-state index in [1.165, 1.54) is 0 Å². The molecule has 6 nitrogen and oxygen atoms in total. The van der Waals surface area contributed by atoms with E-state index >= 15 is 0 Å². The summed E-state index contributed by atoms with van der Waals surface area (Å²) in [7, 11) is 0. The molecule has 0 radical (unpaired) electrons. The van der Waals surface area contributed by atoms with E-state index in [2.05, 4.69) is 0 Å². The van der Waals surface area contributed by atoms with E-state index in [1.54, 1.807) is 42.4 Å². The second-order valence-corrected chi connectivity index (χ2v) is 7.69. The highest BCUT2D eigenvalue weighted by atomic mass is 16.5. The Hall–Kier alpha value is -3.64. The number of hydroxylamine groups is 1. The first-order valence-electron chi connectivity index (χ1n) is 9.63. The largest absolute Gasteiger partial charge is 0.476 e. The van der Waals surface area contributed by atoms with Gasteiger partial charge in [0.2, 0.25) is 0 Å². The van der Waals surface area contributed by atoms with Crippen molar-refractivity contribution >= 4 is 17.5 Å². The van der Waals surface area contributed by atoms with Crippen LogP contribution in [0.15, 0.2) is 72.8 Å². The monoisotopic (exact) mass is 402 g/mol. The molecule has 0 bridgehead atoms. The van der Waals surface area contributed by atoms with Gasteiger partial charge in [0, 0.05) is 5.56 Å². The summed E-state index contributed by atoms with van der Waals surface area (Å²) in [5.74, 6) is -0.346. The Morgan fingerprint density at radius 2 is 1.67 bits per heavy atom. The number of rotatable bonds is 4. The fourth-order valence-electron chi connectivity index (χ4n) is 3.55. The van der Waals surface area contributed by atoms with E-state index in [-0.39, 0.29) is 11.5 Å². The smallest absolute Gasteiger partial charge is 0.274 e. The first-order valence-corrected chi connectivity index (χ1v) is 9.63. The average molecular weight is 402 g/mol. The van der Waals surface area contributed by atoms with Gasteiger partial charge < -0.3 is 9.64 Å². The maximum absolute atomic E-state index is 13.1. The van der Waals surface area contributed by atoms with Crippen LogP contribution in [-0.2, 0) is 11.3 Å². The lowest BCUT2D eigenvalue weighted by Crippen LogP contribution is -2.52. The van der Waals surface area contributed by atoms with Gasteiger partial charge in [0.1, 0.15) is 5.75 Å². The topological polar surface area (TPSA) is 78.9 Å². The third-order valence-corrected chi connectivity index (χ3v) is 5.14. The average Bonchev–Trinajstić information content (AvgIpc) is 2.77. The molecule has 0 aliphatic carbocycles. The van der Waals surface area contributed by atoms with E-state index < -0.39 is 11.5 Å². The van der Waals surface area contributed by atoms with Crippen molar-refractivity contribution in [2.75, 3.05) is 4.90 Å². The van der Waals surface area contributed by atoms with E-state index in [4.69, 9.17) is 9.94 Å². The Kier molecular flexibility index (Phi) is 5.01. The Balaban J connectivity index is 1.67. The number of carbonyl (C=O) groups excluding carboxylic acids is 2. The molecule has 3 aromatic rings. The van der Waals surface area contributed by atoms with Crippen LogP contribution in [0, 0.1) is 0 Å². The van der Waals surface area contributed by atoms with Crippen molar-refractivity contribution < 1.29 is 19.5 Å². The van der Waals surface area contributed by atoms with Crippen molar-refractivity contribution in [2.45, 2.75) is 26.0 Å². The lowest BCUT2D eigenvalue weighted by Gasteiger charge is -2.39. The molecular weight excluding hydrogens is 380 g/mol. The first-order chi connectivity index (χ1) is 14.4. The first kappa shape index (κ1) is 19.7. The maximum Gasteiger partial charge on any atom is 0.274 e. The predicted molar refractivity (Wildman–Crippen MR) is 113 cm³/mol. The zero-order valence-corrected chi connectivity index (χ0v) is 16.8. The molecule has 0 saturated heterocycles. The van der Waals surface area contributed by atoms with Crippen LogP contribution in [-0.4, -0.2) is 22.6 Å². The van der Waals surface area contributed by atoms with E-state index in [0.29, 0.717) is 18.0 Å². The van der Waals surface area contributed by atoms with Gasteiger partial charge in [0.05, 0.1) is 12.2 Å². The molecule has 152 valence electrons. The quantitative estimate of drug-likeness (QED) is 0.507. The highest BCUT2D eigenvalue weighted by molar-refractivity contribution is 6.04. The molecule has 4 rings (SSSR count). The molecule has 1 aliphatic heterocycles. The van der Waals surface area contributed by atoms with Crippen LogP contribution in [0.4, 0.5) is 5.69 Å².